The second-order valence-electron chi connectivity index (χ2n) is 5.15. The fourth-order valence-electron chi connectivity index (χ4n) is 2.67. The third-order valence-electron chi connectivity index (χ3n) is 3.77. The summed E-state index contributed by atoms with van der Waals surface area (Å²) in [5.74, 6) is -1.46. The smallest absolute Gasteiger partial charge is 0.326 e. The number of hydrogen-bond acceptors (Lipinski definition) is 5. The molecule has 1 fully saturated rings. The molecule has 1 unspecified atom stereocenters. The van der Waals surface area contributed by atoms with Crippen LogP contribution in [0.15, 0.2) is 29.1 Å². The zero-order chi connectivity index (χ0) is 15.7. The second kappa shape index (κ2) is 5.55. The van der Waals surface area contributed by atoms with Crippen molar-refractivity contribution in [3.63, 3.8) is 0 Å². The van der Waals surface area contributed by atoms with Crippen LogP contribution in [-0.2, 0) is 16.1 Å². The monoisotopic (exact) mass is 302 g/mol. The van der Waals surface area contributed by atoms with Crippen LogP contribution < -0.4 is 5.56 Å². The summed E-state index contributed by atoms with van der Waals surface area (Å²) >= 11 is 0. The molecule has 3 rings (SSSR count). The highest BCUT2D eigenvalue weighted by molar-refractivity contribution is 5.84. The lowest BCUT2D eigenvalue weighted by Crippen LogP contribution is -2.43. The second-order valence-corrected chi connectivity index (χ2v) is 5.15. The lowest BCUT2D eigenvalue weighted by Gasteiger charge is -2.21. The molecule has 114 valence electrons. The molecule has 1 aliphatic heterocycles. The molecular formula is C14H14N4O4. The molecule has 1 amide bonds. The zero-order valence-corrected chi connectivity index (χ0v) is 11.7. The van der Waals surface area contributed by atoms with Crippen molar-refractivity contribution in [3.05, 3.63) is 34.6 Å². The summed E-state index contributed by atoms with van der Waals surface area (Å²) in [5.41, 5.74) is 0.0470. The number of rotatable bonds is 3. The number of aliphatic carboxylic acids is 1. The maximum absolute atomic E-state index is 12.3. The van der Waals surface area contributed by atoms with E-state index >= 15 is 0 Å². The predicted octanol–water partition coefficient (Wildman–Crippen LogP) is -0.133. The molecule has 2 aromatic rings. The van der Waals surface area contributed by atoms with Crippen LogP contribution in [0.2, 0.25) is 0 Å². The van der Waals surface area contributed by atoms with E-state index in [1.165, 1.54) is 4.90 Å². The number of aromatic nitrogens is 3. The Labute approximate surface area is 125 Å². The lowest BCUT2D eigenvalue weighted by molar-refractivity contribution is -0.148. The predicted molar refractivity (Wildman–Crippen MR) is 76.2 cm³/mol. The molecule has 1 aromatic heterocycles. The number of carbonyl (C=O) groups excluding carboxylic acids is 1. The summed E-state index contributed by atoms with van der Waals surface area (Å²) in [7, 11) is 0. The average molecular weight is 302 g/mol. The number of amides is 1. The highest BCUT2D eigenvalue weighted by Gasteiger charge is 2.34. The number of hydrogen-bond donors (Lipinski definition) is 1. The number of nitrogens with zero attached hydrogens (tertiary/aromatic N) is 4. The van der Waals surface area contributed by atoms with Gasteiger partial charge in [0.05, 0.1) is 5.39 Å². The summed E-state index contributed by atoms with van der Waals surface area (Å²) in [6.45, 7) is 0.0754. The van der Waals surface area contributed by atoms with Gasteiger partial charge in [0.25, 0.3) is 5.56 Å². The molecule has 8 heteroatoms. The average Bonchev–Trinajstić information content (AvgIpc) is 3.00. The third-order valence-corrected chi connectivity index (χ3v) is 3.77. The van der Waals surface area contributed by atoms with Gasteiger partial charge in [0.2, 0.25) is 5.91 Å². The molecule has 1 aromatic carbocycles. The van der Waals surface area contributed by atoms with Crippen LogP contribution in [-0.4, -0.2) is 49.5 Å². The quantitative estimate of drug-likeness (QED) is 0.846. The van der Waals surface area contributed by atoms with Gasteiger partial charge in [-0.2, -0.15) is 0 Å². The highest BCUT2D eigenvalue weighted by Crippen LogP contribution is 2.17. The Balaban J connectivity index is 1.87. The first-order valence-electron chi connectivity index (χ1n) is 6.93. The molecule has 0 aliphatic carbocycles. The van der Waals surface area contributed by atoms with E-state index in [4.69, 9.17) is 5.11 Å². The lowest BCUT2D eigenvalue weighted by atomic mass is 10.2. The molecule has 2 heterocycles. The van der Waals surface area contributed by atoms with Crippen LogP contribution >= 0.6 is 0 Å². The van der Waals surface area contributed by atoms with E-state index in [1.54, 1.807) is 24.3 Å². The minimum Gasteiger partial charge on any atom is -0.480 e. The molecule has 22 heavy (non-hydrogen) atoms. The fraction of sp³-hybridized carbons (Fsp3) is 0.357. The molecule has 0 spiro atoms. The summed E-state index contributed by atoms with van der Waals surface area (Å²) in [5, 5.41) is 17.1. The molecular weight excluding hydrogens is 288 g/mol. The molecule has 1 saturated heterocycles. The molecule has 8 nitrogen and oxygen atoms in total. The van der Waals surface area contributed by atoms with Crippen molar-refractivity contribution < 1.29 is 14.7 Å². The van der Waals surface area contributed by atoms with Crippen LogP contribution in [0.3, 0.4) is 0 Å². The summed E-state index contributed by atoms with van der Waals surface area (Å²) in [4.78, 5) is 36.9. The SMILES string of the molecule is O=C(O)C1CCCN1C(=O)Cn1nnc2ccccc2c1=O. The van der Waals surface area contributed by atoms with Gasteiger partial charge in [-0.25, -0.2) is 9.48 Å². The van der Waals surface area contributed by atoms with Crippen molar-refractivity contribution in [1.29, 1.82) is 0 Å². The first-order chi connectivity index (χ1) is 10.6. The first kappa shape index (κ1) is 14.2. The van der Waals surface area contributed by atoms with Gasteiger partial charge < -0.3 is 10.0 Å². The number of benzene rings is 1. The number of carboxylic acid groups (broad SMARTS) is 1. The Morgan fingerprint density at radius 3 is 2.86 bits per heavy atom. The molecule has 1 atom stereocenters. The first-order valence-corrected chi connectivity index (χ1v) is 6.93. The minimum absolute atomic E-state index is 0.305. The van der Waals surface area contributed by atoms with Crippen LogP contribution in [0, 0.1) is 0 Å². The van der Waals surface area contributed by atoms with Gasteiger partial charge in [0.1, 0.15) is 18.1 Å². The molecule has 0 bridgehead atoms. The van der Waals surface area contributed by atoms with Gasteiger partial charge in [0.15, 0.2) is 0 Å². The molecule has 0 saturated carbocycles. The zero-order valence-electron chi connectivity index (χ0n) is 11.7. The van der Waals surface area contributed by atoms with E-state index < -0.39 is 23.5 Å². The largest absolute Gasteiger partial charge is 0.480 e. The fourth-order valence-corrected chi connectivity index (χ4v) is 2.67. The van der Waals surface area contributed by atoms with E-state index in [9.17, 15) is 14.4 Å². The van der Waals surface area contributed by atoms with Crippen LogP contribution in [0.1, 0.15) is 12.8 Å². The number of fused-ring (bicyclic) bond motifs is 1. The maximum atomic E-state index is 12.3. The minimum atomic E-state index is -1.03. The van der Waals surface area contributed by atoms with Crippen LogP contribution in [0.25, 0.3) is 10.9 Å². The Hall–Kier alpha value is -2.77. The van der Waals surface area contributed by atoms with Gasteiger partial charge in [0, 0.05) is 6.54 Å². The van der Waals surface area contributed by atoms with E-state index in [0.717, 1.165) is 4.68 Å². The van der Waals surface area contributed by atoms with Crippen molar-refractivity contribution in [2.24, 2.45) is 0 Å². The Morgan fingerprint density at radius 1 is 1.32 bits per heavy atom. The Morgan fingerprint density at radius 2 is 2.09 bits per heavy atom. The van der Waals surface area contributed by atoms with Crippen LogP contribution in [0.5, 0.6) is 0 Å². The summed E-state index contributed by atoms with van der Waals surface area (Å²) in [6.07, 6.45) is 1.07. The van der Waals surface area contributed by atoms with E-state index in [-0.39, 0.29) is 6.54 Å². The normalized spacial score (nSPS) is 17.8. The topological polar surface area (TPSA) is 105 Å². The van der Waals surface area contributed by atoms with E-state index in [0.29, 0.717) is 30.3 Å². The van der Waals surface area contributed by atoms with Crippen molar-refractivity contribution in [1.82, 2.24) is 19.9 Å². The van der Waals surface area contributed by atoms with Crippen molar-refractivity contribution in [2.75, 3.05) is 6.54 Å². The van der Waals surface area contributed by atoms with Gasteiger partial charge >= 0.3 is 5.97 Å². The highest BCUT2D eigenvalue weighted by atomic mass is 16.4. The van der Waals surface area contributed by atoms with Crippen molar-refractivity contribution in [2.45, 2.75) is 25.4 Å². The Kier molecular flexibility index (Phi) is 3.58. The van der Waals surface area contributed by atoms with Gasteiger partial charge in [-0.3, -0.25) is 9.59 Å². The van der Waals surface area contributed by atoms with Crippen LogP contribution in [0.4, 0.5) is 0 Å². The Bertz CT molecular complexity index is 801. The van der Waals surface area contributed by atoms with Gasteiger partial charge in [-0.15, -0.1) is 5.10 Å². The molecule has 1 N–H and O–H groups in total. The summed E-state index contributed by atoms with van der Waals surface area (Å²) < 4.78 is 0.974. The van der Waals surface area contributed by atoms with Gasteiger partial charge in [-0.05, 0) is 25.0 Å². The standard InChI is InChI=1S/C14H14N4O4/c19-12(17-7-3-6-11(17)14(21)22)8-18-13(20)9-4-1-2-5-10(9)15-16-18/h1-2,4-5,11H,3,6-8H2,(H,21,22). The number of carboxylic acids is 1. The van der Waals surface area contributed by atoms with Crippen molar-refractivity contribution in [3.8, 4) is 0 Å². The summed E-state index contributed by atoms with van der Waals surface area (Å²) in [6, 6.07) is 5.91. The van der Waals surface area contributed by atoms with E-state index in [2.05, 4.69) is 10.3 Å². The molecule has 0 radical (unpaired) electrons. The number of likely N-dealkylation sites (tertiary alicyclic amines) is 1. The molecule has 1 aliphatic rings. The number of carbonyl (C=O) groups is 2. The third kappa shape index (κ3) is 2.43. The van der Waals surface area contributed by atoms with Crippen molar-refractivity contribution >= 4 is 22.8 Å². The van der Waals surface area contributed by atoms with Gasteiger partial charge in [-0.1, -0.05) is 17.3 Å². The van der Waals surface area contributed by atoms with E-state index in [1.807, 2.05) is 0 Å². The maximum Gasteiger partial charge on any atom is 0.326 e.